The van der Waals surface area contributed by atoms with Crippen LogP contribution in [0.4, 0.5) is 0 Å². The summed E-state index contributed by atoms with van der Waals surface area (Å²) < 4.78 is 5.62. The van der Waals surface area contributed by atoms with E-state index in [0.29, 0.717) is 6.61 Å². The van der Waals surface area contributed by atoms with Gasteiger partial charge in [-0.15, -0.1) is 0 Å². The molecule has 2 fully saturated rings. The third-order valence-corrected chi connectivity index (χ3v) is 5.50. The number of aliphatic hydroxyl groups excluding tert-OH is 1. The molecule has 1 amide bonds. The van der Waals surface area contributed by atoms with E-state index in [-0.39, 0.29) is 30.6 Å². The molecule has 3 rings (SSSR count). The van der Waals surface area contributed by atoms with Crippen molar-refractivity contribution in [3.8, 4) is 0 Å². The minimum Gasteiger partial charge on any atom is -0.393 e. The van der Waals surface area contributed by atoms with E-state index in [4.69, 9.17) is 4.74 Å². The molecule has 2 aliphatic rings. The monoisotopic (exact) mass is 331 g/mol. The number of hydrogen-bond donors (Lipinski definition) is 1. The number of nitrogens with zero attached hydrogens (tertiary/aromatic N) is 1. The summed E-state index contributed by atoms with van der Waals surface area (Å²) in [5.74, 6) is 0.345. The van der Waals surface area contributed by atoms with Crippen molar-refractivity contribution in [1.82, 2.24) is 4.90 Å². The molecule has 1 aromatic rings. The van der Waals surface area contributed by atoms with Gasteiger partial charge in [-0.3, -0.25) is 4.79 Å². The molecule has 1 aromatic carbocycles. The molecule has 3 atom stereocenters. The van der Waals surface area contributed by atoms with Crippen LogP contribution in [-0.2, 0) is 16.0 Å². The summed E-state index contributed by atoms with van der Waals surface area (Å²) in [6, 6.07) is 10.4. The summed E-state index contributed by atoms with van der Waals surface area (Å²) in [6.45, 7) is 1.54. The third kappa shape index (κ3) is 4.37. The zero-order valence-electron chi connectivity index (χ0n) is 14.4. The fourth-order valence-corrected chi connectivity index (χ4v) is 4.21. The Hall–Kier alpha value is -1.39. The summed E-state index contributed by atoms with van der Waals surface area (Å²) in [6.07, 6.45) is 6.88. The van der Waals surface area contributed by atoms with Crippen molar-refractivity contribution in [2.75, 3.05) is 19.8 Å². The van der Waals surface area contributed by atoms with Gasteiger partial charge in [-0.25, -0.2) is 0 Å². The van der Waals surface area contributed by atoms with Crippen LogP contribution < -0.4 is 0 Å². The fraction of sp³-hybridized carbons (Fsp3) is 0.650. The standard InChI is InChI=1S/C20H29NO3/c22-19-11-5-4-9-17(19)18-10-6-13-21(18)20(23)15-24-14-12-16-7-2-1-3-8-16/h1-3,7-8,17-19,22H,4-6,9-15H2/t17-,18-,19-/m1/s1. The zero-order valence-corrected chi connectivity index (χ0v) is 14.4. The van der Waals surface area contributed by atoms with Gasteiger partial charge in [-0.1, -0.05) is 43.2 Å². The molecule has 0 spiro atoms. The van der Waals surface area contributed by atoms with Crippen molar-refractivity contribution in [2.45, 2.75) is 57.1 Å². The van der Waals surface area contributed by atoms with E-state index in [1.54, 1.807) is 0 Å². The van der Waals surface area contributed by atoms with Crippen LogP contribution in [0.2, 0.25) is 0 Å². The van der Waals surface area contributed by atoms with E-state index in [2.05, 4.69) is 12.1 Å². The van der Waals surface area contributed by atoms with E-state index in [0.717, 1.165) is 45.1 Å². The Bertz CT molecular complexity index is 519. The Morgan fingerprint density at radius 1 is 1.12 bits per heavy atom. The van der Waals surface area contributed by atoms with Crippen LogP contribution in [-0.4, -0.2) is 47.8 Å². The second kappa shape index (κ2) is 8.63. The van der Waals surface area contributed by atoms with E-state index in [9.17, 15) is 9.90 Å². The van der Waals surface area contributed by atoms with E-state index >= 15 is 0 Å². The van der Waals surface area contributed by atoms with Gasteiger partial charge in [0.2, 0.25) is 5.91 Å². The largest absolute Gasteiger partial charge is 0.393 e. The first-order valence-corrected chi connectivity index (χ1v) is 9.35. The van der Waals surface area contributed by atoms with E-state index in [1.807, 2.05) is 23.1 Å². The number of hydrogen-bond acceptors (Lipinski definition) is 3. The lowest BCUT2D eigenvalue weighted by Gasteiger charge is -2.37. The minimum absolute atomic E-state index is 0.0864. The van der Waals surface area contributed by atoms with Gasteiger partial charge in [0.15, 0.2) is 0 Å². The Labute approximate surface area is 144 Å². The molecule has 1 saturated carbocycles. The van der Waals surface area contributed by atoms with Crippen molar-refractivity contribution in [3.63, 3.8) is 0 Å². The van der Waals surface area contributed by atoms with Crippen molar-refractivity contribution >= 4 is 5.91 Å². The molecule has 1 aliphatic carbocycles. The first-order chi connectivity index (χ1) is 11.8. The highest BCUT2D eigenvalue weighted by molar-refractivity contribution is 5.78. The Morgan fingerprint density at radius 3 is 2.71 bits per heavy atom. The molecular formula is C20H29NO3. The number of benzene rings is 1. The van der Waals surface area contributed by atoms with Crippen molar-refractivity contribution < 1.29 is 14.6 Å². The SMILES string of the molecule is O=C(COCCc1ccccc1)N1CCC[C@@H]1[C@H]1CCCC[C@H]1O. The van der Waals surface area contributed by atoms with E-state index < -0.39 is 0 Å². The van der Waals surface area contributed by atoms with Gasteiger partial charge in [0.25, 0.3) is 0 Å². The van der Waals surface area contributed by atoms with Crippen molar-refractivity contribution in [3.05, 3.63) is 35.9 Å². The predicted octanol–water partition coefficient (Wildman–Crippen LogP) is 2.79. The number of carbonyl (C=O) groups is 1. The van der Waals surface area contributed by atoms with Crippen LogP contribution in [0.1, 0.15) is 44.1 Å². The van der Waals surface area contributed by atoms with Gasteiger partial charge in [0.1, 0.15) is 6.61 Å². The first-order valence-electron chi connectivity index (χ1n) is 9.35. The number of likely N-dealkylation sites (tertiary alicyclic amines) is 1. The average molecular weight is 331 g/mol. The lowest BCUT2D eigenvalue weighted by atomic mass is 9.80. The summed E-state index contributed by atoms with van der Waals surface area (Å²) in [4.78, 5) is 14.5. The normalized spacial score (nSPS) is 27.4. The average Bonchev–Trinajstić information content (AvgIpc) is 3.09. The molecule has 1 N–H and O–H groups in total. The van der Waals surface area contributed by atoms with Gasteiger partial charge >= 0.3 is 0 Å². The molecular weight excluding hydrogens is 302 g/mol. The van der Waals surface area contributed by atoms with Gasteiger partial charge in [0, 0.05) is 18.5 Å². The van der Waals surface area contributed by atoms with Crippen LogP contribution in [0.25, 0.3) is 0 Å². The number of carbonyl (C=O) groups excluding carboxylic acids is 1. The highest BCUT2D eigenvalue weighted by Gasteiger charge is 2.38. The molecule has 0 unspecified atom stereocenters. The van der Waals surface area contributed by atoms with Gasteiger partial charge < -0.3 is 14.7 Å². The Morgan fingerprint density at radius 2 is 1.92 bits per heavy atom. The smallest absolute Gasteiger partial charge is 0.248 e. The minimum atomic E-state index is -0.240. The highest BCUT2D eigenvalue weighted by atomic mass is 16.5. The summed E-state index contributed by atoms with van der Waals surface area (Å²) in [5.41, 5.74) is 1.23. The highest BCUT2D eigenvalue weighted by Crippen LogP contribution is 2.34. The topological polar surface area (TPSA) is 49.8 Å². The van der Waals surface area contributed by atoms with Gasteiger partial charge in [0.05, 0.1) is 12.7 Å². The second-order valence-corrected chi connectivity index (χ2v) is 7.10. The van der Waals surface area contributed by atoms with Crippen LogP contribution in [0.15, 0.2) is 30.3 Å². The summed E-state index contributed by atoms with van der Waals surface area (Å²) in [7, 11) is 0. The molecule has 0 aromatic heterocycles. The number of rotatable bonds is 6. The lowest BCUT2D eigenvalue weighted by Crippen LogP contribution is -2.46. The van der Waals surface area contributed by atoms with E-state index in [1.165, 1.54) is 12.0 Å². The van der Waals surface area contributed by atoms with Crippen LogP contribution >= 0.6 is 0 Å². The fourth-order valence-electron chi connectivity index (χ4n) is 4.21. The number of amides is 1. The van der Waals surface area contributed by atoms with Crippen molar-refractivity contribution in [1.29, 1.82) is 0 Å². The van der Waals surface area contributed by atoms with Crippen molar-refractivity contribution in [2.24, 2.45) is 5.92 Å². The first kappa shape index (κ1) is 17.4. The predicted molar refractivity (Wildman–Crippen MR) is 93.7 cm³/mol. The molecule has 1 saturated heterocycles. The summed E-state index contributed by atoms with van der Waals surface area (Å²) in [5, 5.41) is 10.3. The molecule has 4 nitrogen and oxygen atoms in total. The number of ether oxygens (including phenoxy) is 1. The maximum absolute atomic E-state index is 12.5. The molecule has 132 valence electrons. The quantitative estimate of drug-likeness (QED) is 0.816. The zero-order chi connectivity index (χ0) is 16.8. The maximum Gasteiger partial charge on any atom is 0.248 e. The number of aliphatic hydroxyl groups is 1. The van der Waals surface area contributed by atoms with Gasteiger partial charge in [-0.05, 0) is 37.7 Å². The molecule has 1 aliphatic heterocycles. The van der Waals surface area contributed by atoms with Crippen LogP contribution in [0.5, 0.6) is 0 Å². The molecule has 4 heteroatoms. The van der Waals surface area contributed by atoms with Crippen LogP contribution in [0, 0.1) is 5.92 Å². The Kier molecular flexibility index (Phi) is 6.27. The second-order valence-electron chi connectivity index (χ2n) is 7.10. The molecule has 24 heavy (non-hydrogen) atoms. The molecule has 0 bridgehead atoms. The lowest BCUT2D eigenvalue weighted by molar-refractivity contribution is -0.139. The maximum atomic E-state index is 12.5. The Balaban J connectivity index is 1.45. The van der Waals surface area contributed by atoms with Crippen LogP contribution in [0.3, 0.4) is 0 Å². The third-order valence-electron chi connectivity index (χ3n) is 5.50. The molecule has 1 heterocycles. The molecule has 0 radical (unpaired) electrons. The van der Waals surface area contributed by atoms with Gasteiger partial charge in [-0.2, -0.15) is 0 Å². The summed E-state index contributed by atoms with van der Waals surface area (Å²) >= 11 is 0.